The summed E-state index contributed by atoms with van der Waals surface area (Å²) < 4.78 is 6.42. The zero-order valence-corrected chi connectivity index (χ0v) is 13.0. The molecule has 0 fully saturated rings. The molecule has 1 unspecified atom stereocenters. The van der Waals surface area contributed by atoms with E-state index in [2.05, 4.69) is 46.6 Å². The molecule has 17 heavy (non-hydrogen) atoms. The lowest BCUT2D eigenvalue weighted by Crippen LogP contribution is -2.33. The van der Waals surface area contributed by atoms with Crippen LogP contribution in [0, 0.1) is 0 Å². The summed E-state index contributed by atoms with van der Waals surface area (Å²) in [5, 5.41) is 3.51. The predicted molar refractivity (Wildman–Crippen MR) is 80.2 cm³/mol. The molecule has 0 spiro atoms. The van der Waals surface area contributed by atoms with Crippen LogP contribution in [0.3, 0.4) is 0 Å². The second-order valence-electron chi connectivity index (χ2n) is 3.87. The van der Waals surface area contributed by atoms with Crippen molar-refractivity contribution in [3.63, 3.8) is 0 Å². The van der Waals surface area contributed by atoms with Crippen LogP contribution in [0.4, 0.5) is 0 Å². The third-order valence-electron chi connectivity index (χ3n) is 2.58. The van der Waals surface area contributed by atoms with Gasteiger partial charge in [-0.1, -0.05) is 22.9 Å². The van der Waals surface area contributed by atoms with Gasteiger partial charge >= 0.3 is 0 Å². The van der Waals surface area contributed by atoms with Crippen molar-refractivity contribution >= 4 is 27.7 Å². The maximum Gasteiger partial charge on any atom is 0.119 e. The smallest absolute Gasteiger partial charge is 0.119 e. The average Bonchev–Trinajstić information content (AvgIpc) is 2.32. The maximum atomic E-state index is 5.26. The Kier molecular flexibility index (Phi) is 7.00. The molecule has 0 radical (unpaired) electrons. The molecule has 1 rings (SSSR count). The van der Waals surface area contributed by atoms with Crippen molar-refractivity contribution in [2.45, 2.75) is 19.4 Å². The summed E-state index contributed by atoms with van der Waals surface area (Å²) in [6, 6.07) is 6.65. The van der Waals surface area contributed by atoms with Crippen molar-refractivity contribution in [1.82, 2.24) is 5.32 Å². The molecular formula is C13H20BrNOS. The second-order valence-corrected chi connectivity index (χ2v) is 5.64. The van der Waals surface area contributed by atoms with Crippen molar-refractivity contribution in [2.24, 2.45) is 0 Å². The summed E-state index contributed by atoms with van der Waals surface area (Å²) in [5.74, 6) is 2.04. The van der Waals surface area contributed by atoms with Crippen LogP contribution in [-0.4, -0.2) is 31.7 Å². The zero-order chi connectivity index (χ0) is 12.7. The van der Waals surface area contributed by atoms with Gasteiger partial charge in [0, 0.05) is 16.3 Å². The lowest BCUT2D eigenvalue weighted by molar-refractivity contribution is 0.414. The molecule has 0 aliphatic rings. The second kappa shape index (κ2) is 8.01. The third-order valence-corrected chi connectivity index (χ3v) is 4.09. The minimum absolute atomic E-state index is 0.512. The summed E-state index contributed by atoms with van der Waals surface area (Å²) >= 11 is 5.48. The summed E-state index contributed by atoms with van der Waals surface area (Å²) in [4.78, 5) is 0. The number of thioether (sulfide) groups is 1. The Bertz CT molecular complexity index is 340. The number of hydrogen-bond acceptors (Lipinski definition) is 3. The quantitative estimate of drug-likeness (QED) is 0.833. The third kappa shape index (κ3) is 4.90. The van der Waals surface area contributed by atoms with Crippen molar-refractivity contribution in [3.05, 3.63) is 28.2 Å². The number of benzene rings is 1. The lowest BCUT2D eigenvalue weighted by atomic mass is 10.1. The number of likely N-dealkylation sites (N-methyl/N-ethyl adjacent to an activating group) is 1. The molecule has 1 atom stereocenters. The zero-order valence-electron chi connectivity index (χ0n) is 10.6. The van der Waals surface area contributed by atoms with Crippen LogP contribution in [-0.2, 0) is 6.42 Å². The summed E-state index contributed by atoms with van der Waals surface area (Å²) in [6.45, 7) is 3.15. The summed E-state index contributed by atoms with van der Waals surface area (Å²) in [6.07, 6.45) is 3.16. The van der Waals surface area contributed by atoms with Gasteiger partial charge in [0.05, 0.1) is 7.11 Å². The number of rotatable bonds is 7. The topological polar surface area (TPSA) is 21.3 Å². The van der Waals surface area contributed by atoms with Crippen LogP contribution in [0.5, 0.6) is 5.75 Å². The first kappa shape index (κ1) is 14.9. The van der Waals surface area contributed by atoms with Crippen molar-refractivity contribution in [1.29, 1.82) is 0 Å². The number of methoxy groups -OCH3 is 1. The Morgan fingerprint density at radius 1 is 1.47 bits per heavy atom. The molecule has 0 amide bonds. The van der Waals surface area contributed by atoms with Gasteiger partial charge in [0.1, 0.15) is 5.75 Å². The lowest BCUT2D eigenvalue weighted by Gasteiger charge is -2.18. The monoisotopic (exact) mass is 317 g/mol. The molecule has 0 saturated carbocycles. The minimum atomic E-state index is 0.512. The standard InChI is InChI=1S/C13H20BrNOS/c1-4-15-11(9-17-3)7-10-8-12(16-2)5-6-13(10)14/h5-6,8,11,15H,4,7,9H2,1-3H3. The van der Waals surface area contributed by atoms with E-state index in [1.165, 1.54) is 5.56 Å². The van der Waals surface area contributed by atoms with E-state index in [4.69, 9.17) is 4.74 Å². The fraction of sp³-hybridized carbons (Fsp3) is 0.538. The highest BCUT2D eigenvalue weighted by atomic mass is 79.9. The first-order valence-electron chi connectivity index (χ1n) is 5.76. The van der Waals surface area contributed by atoms with Crippen molar-refractivity contribution in [3.8, 4) is 5.75 Å². The van der Waals surface area contributed by atoms with Crippen LogP contribution in [0.15, 0.2) is 22.7 Å². The van der Waals surface area contributed by atoms with Gasteiger partial charge < -0.3 is 10.1 Å². The van der Waals surface area contributed by atoms with Gasteiger partial charge in [-0.15, -0.1) is 0 Å². The number of halogens is 1. The molecule has 1 N–H and O–H groups in total. The van der Waals surface area contributed by atoms with Gasteiger partial charge in [0.15, 0.2) is 0 Å². The van der Waals surface area contributed by atoms with E-state index in [1.807, 2.05) is 17.8 Å². The van der Waals surface area contributed by atoms with E-state index in [0.717, 1.165) is 28.9 Å². The predicted octanol–water partition coefficient (Wildman–Crippen LogP) is 3.34. The summed E-state index contributed by atoms with van der Waals surface area (Å²) in [7, 11) is 1.71. The Labute approximate surface area is 117 Å². The normalized spacial score (nSPS) is 12.5. The van der Waals surface area contributed by atoms with Gasteiger partial charge in [-0.2, -0.15) is 11.8 Å². The molecule has 2 nitrogen and oxygen atoms in total. The largest absolute Gasteiger partial charge is 0.497 e. The molecule has 0 aromatic heterocycles. The molecule has 4 heteroatoms. The molecule has 0 aliphatic heterocycles. The van der Waals surface area contributed by atoms with Gasteiger partial charge in [-0.3, -0.25) is 0 Å². The molecule has 1 aromatic rings. The molecular weight excluding hydrogens is 298 g/mol. The molecule has 0 bridgehead atoms. The highest BCUT2D eigenvalue weighted by Crippen LogP contribution is 2.24. The van der Waals surface area contributed by atoms with Gasteiger partial charge in [0.2, 0.25) is 0 Å². The first-order valence-corrected chi connectivity index (χ1v) is 7.94. The Balaban J connectivity index is 2.76. The van der Waals surface area contributed by atoms with Crippen molar-refractivity contribution < 1.29 is 4.74 Å². The minimum Gasteiger partial charge on any atom is -0.497 e. The van der Waals surface area contributed by atoms with Crippen LogP contribution in [0.25, 0.3) is 0 Å². The Hall–Kier alpha value is -0.190. The van der Waals surface area contributed by atoms with E-state index in [0.29, 0.717) is 6.04 Å². The molecule has 1 aromatic carbocycles. The summed E-state index contributed by atoms with van der Waals surface area (Å²) in [5.41, 5.74) is 1.30. The number of nitrogens with one attached hydrogen (secondary N) is 1. The molecule has 0 aliphatic carbocycles. The number of hydrogen-bond donors (Lipinski definition) is 1. The van der Waals surface area contributed by atoms with Gasteiger partial charge in [-0.05, 0) is 43.0 Å². The van der Waals surface area contributed by atoms with Gasteiger partial charge in [0.25, 0.3) is 0 Å². The molecule has 0 saturated heterocycles. The fourth-order valence-electron chi connectivity index (χ4n) is 1.78. The van der Waals surface area contributed by atoms with E-state index in [1.54, 1.807) is 7.11 Å². The molecule has 0 heterocycles. The van der Waals surface area contributed by atoms with Crippen LogP contribution < -0.4 is 10.1 Å². The van der Waals surface area contributed by atoms with E-state index < -0.39 is 0 Å². The maximum absolute atomic E-state index is 5.26. The Morgan fingerprint density at radius 3 is 2.82 bits per heavy atom. The number of ether oxygens (including phenoxy) is 1. The SMILES string of the molecule is CCNC(CSC)Cc1cc(OC)ccc1Br. The van der Waals surface area contributed by atoms with Crippen molar-refractivity contribution in [2.75, 3.05) is 25.7 Å². The fourth-order valence-corrected chi connectivity index (χ4v) is 2.83. The highest BCUT2D eigenvalue weighted by Gasteiger charge is 2.10. The van der Waals surface area contributed by atoms with E-state index in [-0.39, 0.29) is 0 Å². The average molecular weight is 318 g/mol. The van der Waals surface area contributed by atoms with E-state index >= 15 is 0 Å². The Morgan fingerprint density at radius 2 is 2.24 bits per heavy atom. The van der Waals surface area contributed by atoms with E-state index in [9.17, 15) is 0 Å². The highest BCUT2D eigenvalue weighted by molar-refractivity contribution is 9.10. The first-order chi connectivity index (χ1) is 8.21. The van der Waals surface area contributed by atoms with Gasteiger partial charge in [-0.25, -0.2) is 0 Å². The van der Waals surface area contributed by atoms with Crippen LogP contribution in [0.2, 0.25) is 0 Å². The molecule has 96 valence electrons. The van der Waals surface area contributed by atoms with Crippen LogP contribution >= 0.6 is 27.7 Å². The van der Waals surface area contributed by atoms with Crippen LogP contribution in [0.1, 0.15) is 12.5 Å².